The molecule has 0 spiro atoms. The SMILES string of the molecule is COc1cccc(OC)c1C(=O)NCCc1csc2nc(-c3ccccc3F)nn12. The van der Waals surface area contributed by atoms with Crippen molar-refractivity contribution in [2.45, 2.75) is 6.42 Å². The molecule has 30 heavy (non-hydrogen) atoms. The number of hydrogen-bond donors (Lipinski definition) is 1. The van der Waals surface area contributed by atoms with Gasteiger partial charge in [-0.25, -0.2) is 8.91 Å². The number of fused-ring (bicyclic) bond motifs is 1. The Balaban J connectivity index is 1.49. The van der Waals surface area contributed by atoms with Crippen LogP contribution in [0.25, 0.3) is 16.3 Å². The molecule has 0 aliphatic carbocycles. The van der Waals surface area contributed by atoms with Crippen LogP contribution in [0.15, 0.2) is 47.8 Å². The Morgan fingerprint density at radius 3 is 2.57 bits per heavy atom. The second-order valence-corrected chi connectivity index (χ2v) is 7.22. The number of nitrogens with one attached hydrogen (secondary N) is 1. The lowest BCUT2D eigenvalue weighted by Gasteiger charge is -2.12. The molecule has 0 unspecified atom stereocenters. The molecule has 0 saturated carbocycles. The second kappa shape index (κ2) is 8.50. The number of methoxy groups -OCH3 is 2. The van der Waals surface area contributed by atoms with Crippen LogP contribution in [0.2, 0.25) is 0 Å². The number of hydrogen-bond acceptors (Lipinski definition) is 6. The maximum Gasteiger partial charge on any atom is 0.258 e. The smallest absolute Gasteiger partial charge is 0.258 e. The molecule has 2 aromatic heterocycles. The van der Waals surface area contributed by atoms with E-state index in [0.29, 0.717) is 46.4 Å². The molecule has 0 bridgehead atoms. The van der Waals surface area contributed by atoms with Crippen LogP contribution in [-0.2, 0) is 6.42 Å². The van der Waals surface area contributed by atoms with Crippen LogP contribution in [-0.4, -0.2) is 41.3 Å². The van der Waals surface area contributed by atoms with Crippen LogP contribution in [0.5, 0.6) is 11.5 Å². The lowest BCUT2D eigenvalue weighted by atomic mass is 10.1. The number of thiazole rings is 1. The van der Waals surface area contributed by atoms with Gasteiger partial charge in [0, 0.05) is 18.3 Å². The van der Waals surface area contributed by atoms with E-state index in [0.717, 1.165) is 5.69 Å². The predicted octanol–water partition coefficient (Wildman–Crippen LogP) is 3.59. The molecule has 0 atom stereocenters. The Hall–Kier alpha value is -3.46. The summed E-state index contributed by atoms with van der Waals surface area (Å²) in [6, 6.07) is 11.6. The minimum atomic E-state index is -0.365. The highest BCUT2D eigenvalue weighted by Crippen LogP contribution is 2.28. The van der Waals surface area contributed by atoms with Crippen molar-refractivity contribution in [3.8, 4) is 22.9 Å². The van der Waals surface area contributed by atoms with Gasteiger partial charge in [0.05, 0.1) is 25.5 Å². The third-order valence-corrected chi connectivity index (χ3v) is 5.45. The molecule has 0 radical (unpaired) electrons. The standard InChI is InChI=1S/C21H19FN4O3S/c1-28-16-8-5-9-17(29-2)18(16)20(27)23-11-10-13-12-30-21-24-19(25-26(13)21)14-6-3-4-7-15(14)22/h3-9,12H,10-11H2,1-2H3,(H,23,27). The van der Waals surface area contributed by atoms with E-state index in [4.69, 9.17) is 9.47 Å². The van der Waals surface area contributed by atoms with Gasteiger partial charge in [-0.1, -0.05) is 18.2 Å². The first kappa shape index (κ1) is 19.8. The Bertz CT molecular complexity index is 1180. The third-order valence-electron chi connectivity index (χ3n) is 4.59. The van der Waals surface area contributed by atoms with Crippen molar-refractivity contribution in [1.82, 2.24) is 19.9 Å². The van der Waals surface area contributed by atoms with E-state index in [1.165, 1.54) is 31.6 Å². The fourth-order valence-corrected chi connectivity index (χ4v) is 3.98. The van der Waals surface area contributed by atoms with E-state index in [-0.39, 0.29) is 11.7 Å². The monoisotopic (exact) mass is 426 g/mol. The van der Waals surface area contributed by atoms with Crippen molar-refractivity contribution in [1.29, 1.82) is 0 Å². The van der Waals surface area contributed by atoms with Crippen molar-refractivity contribution in [2.75, 3.05) is 20.8 Å². The van der Waals surface area contributed by atoms with Crippen LogP contribution in [0.4, 0.5) is 4.39 Å². The highest BCUT2D eigenvalue weighted by molar-refractivity contribution is 7.15. The number of carbonyl (C=O) groups excluding carboxylic acids is 1. The minimum absolute atomic E-state index is 0.290. The summed E-state index contributed by atoms with van der Waals surface area (Å²) in [5.41, 5.74) is 1.58. The lowest BCUT2D eigenvalue weighted by molar-refractivity contribution is 0.0947. The number of halogens is 1. The summed E-state index contributed by atoms with van der Waals surface area (Å²) >= 11 is 1.42. The van der Waals surface area contributed by atoms with Gasteiger partial charge < -0.3 is 14.8 Å². The second-order valence-electron chi connectivity index (χ2n) is 6.38. The number of aromatic nitrogens is 3. The van der Waals surface area contributed by atoms with E-state index in [1.807, 2.05) is 5.38 Å². The molecule has 154 valence electrons. The largest absolute Gasteiger partial charge is 0.496 e. The molecule has 2 heterocycles. The van der Waals surface area contributed by atoms with Crippen LogP contribution in [0, 0.1) is 5.82 Å². The average Bonchev–Trinajstić information content (AvgIpc) is 3.35. The highest BCUT2D eigenvalue weighted by atomic mass is 32.1. The molecule has 0 aliphatic heterocycles. The van der Waals surface area contributed by atoms with Gasteiger partial charge in [-0.15, -0.1) is 16.4 Å². The summed E-state index contributed by atoms with van der Waals surface area (Å²) < 4.78 is 26.3. The van der Waals surface area contributed by atoms with Gasteiger partial charge in [-0.05, 0) is 24.3 Å². The zero-order valence-corrected chi connectivity index (χ0v) is 17.2. The van der Waals surface area contributed by atoms with E-state index in [2.05, 4.69) is 15.4 Å². The zero-order valence-electron chi connectivity index (χ0n) is 16.4. The summed E-state index contributed by atoms with van der Waals surface area (Å²) in [6.45, 7) is 0.376. The van der Waals surface area contributed by atoms with Gasteiger partial charge >= 0.3 is 0 Å². The summed E-state index contributed by atoms with van der Waals surface area (Å²) in [4.78, 5) is 17.8. The summed E-state index contributed by atoms with van der Waals surface area (Å²) in [5, 5.41) is 9.25. The van der Waals surface area contributed by atoms with Crippen LogP contribution < -0.4 is 14.8 Å². The molecular weight excluding hydrogens is 407 g/mol. The molecule has 4 aromatic rings. The zero-order chi connectivity index (χ0) is 21.1. The number of amides is 1. The molecule has 1 amide bonds. The molecule has 0 aliphatic rings. The summed E-state index contributed by atoms with van der Waals surface area (Å²) in [6.07, 6.45) is 0.531. The van der Waals surface area contributed by atoms with Gasteiger partial charge in [-0.2, -0.15) is 4.98 Å². The number of nitrogens with zero attached hydrogens (tertiary/aromatic N) is 3. The van der Waals surface area contributed by atoms with Crippen molar-refractivity contribution >= 4 is 22.2 Å². The molecule has 1 N–H and O–H groups in total. The third kappa shape index (κ3) is 3.71. The highest BCUT2D eigenvalue weighted by Gasteiger charge is 2.18. The number of benzene rings is 2. The summed E-state index contributed by atoms with van der Waals surface area (Å²) in [5.74, 6) is 0.562. The van der Waals surface area contributed by atoms with E-state index >= 15 is 0 Å². The van der Waals surface area contributed by atoms with E-state index in [9.17, 15) is 9.18 Å². The van der Waals surface area contributed by atoms with Gasteiger partial charge in [0.25, 0.3) is 5.91 Å². The topological polar surface area (TPSA) is 77.8 Å². The Kier molecular flexibility index (Phi) is 5.62. The number of rotatable bonds is 7. The molecule has 2 aromatic carbocycles. The maximum absolute atomic E-state index is 14.0. The molecule has 7 nitrogen and oxygen atoms in total. The first-order valence-electron chi connectivity index (χ1n) is 9.19. The first-order chi connectivity index (χ1) is 14.6. The molecule has 0 fully saturated rings. The number of ether oxygens (including phenoxy) is 2. The van der Waals surface area contributed by atoms with Crippen molar-refractivity contribution in [2.24, 2.45) is 0 Å². The van der Waals surface area contributed by atoms with Crippen molar-refractivity contribution < 1.29 is 18.7 Å². The molecular formula is C21H19FN4O3S. The fourth-order valence-electron chi connectivity index (χ4n) is 3.12. The van der Waals surface area contributed by atoms with Gasteiger partial charge in [-0.3, -0.25) is 4.79 Å². The van der Waals surface area contributed by atoms with Crippen molar-refractivity contribution in [3.05, 3.63) is 64.9 Å². The van der Waals surface area contributed by atoms with Crippen LogP contribution >= 0.6 is 11.3 Å². The van der Waals surface area contributed by atoms with Crippen LogP contribution in [0.3, 0.4) is 0 Å². The normalized spacial score (nSPS) is 10.9. The van der Waals surface area contributed by atoms with Crippen LogP contribution in [0.1, 0.15) is 16.1 Å². The van der Waals surface area contributed by atoms with Crippen molar-refractivity contribution in [3.63, 3.8) is 0 Å². The Morgan fingerprint density at radius 2 is 1.87 bits per heavy atom. The molecule has 9 heteroatoms. The van der Waals surface area contributed by atoms with E-state index < -0.39 is 0 Å². The molecule has 0 saturated heterocycles. The first-order valence-corrected chi connectivity index (χ1v) is 10.1. The van der Waals surface area contributed by atoms with Gasteiger partial charge in [0.2, 0.25) is 4.96 Å². The van der Waals surface area contributed by atoms with Gasteiger partial charge in [0.15, 0.2) is 5.82 Å². The summed E-state index contributed by atoms with van der Waals surface area (Å²) in [7, 11) is 3.01. The van der Waals surface area contributed by atoms with Gasteiger partial charge in [0.1, 0.15) is 22.9 Å². The average molecular weight is 426 g/mol. The van der Waals surface area contributed by atoms with E-state index in [1.54, 1.807) is 40.9 Å². The fraction of sp³-hybridized carbons (Fsp3) is 0.190. The minimum Gasteiger partial charge on any atom is -0.496 e. The maximum atomic E-state index is 14.0. The lowest BCUT2D eigenvalue weighted by Crippen LogP contribution is -2.27. The Labute approximate surface area is 176 Å². The quantitative estimate of drug-likeness (QED) is 0.489. The molecule has 4 rings (SSSR count). The number of carbonyl (C=O) groups is 1. The Morgan fingerprint density at radius 1 is 1.13 bits per heavy atom. The predicted molar refractivity (Wildman–Crippen MR) is 112 cm³/mol.